The summed E-state index contributed by atoms with van der Waals surface area (Å²) in [6.07, 6.45) is 1.61. The number of para-hydroxylation sites is 1. The lowest BCUT2D eigenvalue weighted by Crippen LogP contribution is -2.40. The fraction of sp³-hybridized carbons (Fsp3) is 0.0938. The molecule has 0 aliphatic carbocycles. The van der Waals surface area contributed by atoms with Gasteiger partial charge in [-0.05, 0) is 55.8 Å². The summed E-state index contributed by atoms with van der Waals surface area (Å²) in [5.74, 6) is 0.464. The van der Waals surface area contributed by atoms with E-state index in [1.807, 2.05) is 18.2 Å². The van der Waals surface area contributed by atoms with Gasteiger partial charge in [0.1, 0.15) is 11.5 Å². The molecule has 1 atom stereocenters. The van der Waals surface area contributed by atoms with E-state index in [4.69, 9.17) is 16.0 Å². The molecule has 214 valence electrons. The van der Waals surface area contributed by atoms with Crippen LogP contribution in [0.3, 0.4) is 0 Å². The largest absolute Gasteiger partial charge is 0.457 e. The van der Waals surface area contributed by atoms with E-state index < -0.39 is 11.0 Å². The van der Waals surface area contributed by atoms with E-state index >= 15 is 0 Å². The van der Waals surface area contributed by atoms with Gasteiger partial charge in [0.15, 0.2) is 4.80 Å². The highest BCUT2D eigenvalue weighted by Crippen LogP contribution is 2.33. The number of hydrogen-bond acceptors (Lipinski definition) is 7. The Bertz CT molecular complexity index is 2110. The number of carbonyl (C=O) groups excluding carboxylic acids is 1. The maximum Gasteiger partial charge on any atom is 0.273 e. The number of allylic oxidation sites excluding steroid dienone is 1. The topological polar surface area (TPSA) is 120 Å². The van der Waals surface area contributed by atoms with Gasteiger partial charge in [-0.25, -0.2) is 4.99 Å². The molecule has 0 radical (unpaired) electrons. The molecule has 11 heteroatoms. The van der Waals surface area contributed by atoms with Crippen molar-refractivity contribution in [2.45, 2.75) is 19.9 Å². The molecule has 9 nitrogen and oxygen atoms in total. The molecule has 3 heterocycles. The van der Waals surface area contributed by atoms with Crippen molar-refractivity contribution in [2.75, 3.05) is 5.32 Å². The number of rotatable bonds is 6. The summed E-state index contributed by atoms with van der Waals surface area (Å²) >= 11 is 7.35. The molecule has 1 unspecified atom stereocenters. The van der Waals surface area contributed by atoms with Crippen LogP contribution < -0.4 is 20.2 Å². The second kappa shape index (κ2) is 11.3. The number of thiazole rings is 1. The molecule has 1 amide bonds. The van der Waals surface area contributed by atoms with Crippen LogP contribution in [0.2, 0.25) is 5.02 Å². The highest BCUT2D eigenvalue weighted by atomic mass is 35.5. The molecule has 0 saturated heterocycles. The van der Waals surface area contributed by atoms with Gasteiger partial charge in [-0.15, -0.1) is 0 Å². The number of hydrogen-bond donors (Lipinski definition) is 1. The van der Waals surface area contributed by atoms with E-state index in [0.29, 0.717) is 59.5 Å². The molecule has 0 bridgehead atoms. The molecule has 5 aromatic rings. The summed E-state index contributed by atoms with van der Waals surface area (Å²) in [4.78, 5) is 43.6. The quantitative estimate of drug-likeness (QED) is 0.187. The van der Waals surface area contributed by atoms with E-state index in [0.717, 1.165) is 0 Å². The van der Waals surface area contributed by atoms with Crippen molar-refractivity contribution < 1.29 is 14.1 Å². The first kappa shape index (κ1) is 28.1. The van der Waals surface area contributed by atoms with Crippen LogP contribution in [0.25, 0.3) is 17.4 Å². The molecule has 1 aliphatic heterocycles. The number of carbonyl (C=O) groups is 1. The normalized spacial score (nSPS) is 14.8. The van der Waals surface area contributed by atoms with E-state index in [1.165, 1.54) is 22.0 Å². The van der Waals surface area contributed by atoms with Crippen molar-refractivity contribution in [1.29, 1.82) is 0 Å². The van der Waals surface area contributed by atoms with E-state index in [-0.39, 0.29) is 17.2 Å². The van der Waals surface area contributed by atoms with Gasteiger partial charge in [-0.2, -0.15) is 0 Å². The summed E-state index contributed by atoms with van der Waals surface area (Å²) in [6.45, 7) is 3.42. The molecule has 0 spiro atoms. The van der Waals surface area contributed by atoms with Crippen molar-refractivity contribution in [1.82, 2.24) is 4.57 Å². The predicted molar refractivity (Wildman–Crippen MR) is 166 cm³/mol. The SMILES string of the molecule is CC1=C(C(=O)Nc2ccccc2)C(c2ccc(Cl)cc2)n2c(s/c(=C\c3ccc(-c4cccc([N+](=O)[O-])c4C)o3)c2=O)=N1. The Hall–Kier alpha value is -5.06. The Kier molecular flexibility index (Phi) is 7.39. The van der Waals surface area contributed by atoms with Crippen molar-refractivity contribution in [3.8, 4) is 11.3 Å². The van der Waals surface area contributed by atoms with Gasteiger partial charge in [-0.1, -0.05) is 65.4 Å². The molecule has 1 aliphatic rings. The third-order valence-electron chi connectivity index (χ3n) is 7.15. The third-order valence-corrected chi connectivity index (χ3v) is 8.39. The summed E-state index contributed by atoms with van der Waals surface area (Å²) < 4.78 is 7.88. The van der Waals surface area contributed by atoms with Crippen molar-refractivity contribution in [2.24, 2.45) is 4.99 Å². The average molecular weight is 611 g/mol. The maximum atomic E-state index is 13.9. The molecular formula is C32H23ClN4O5S. The van der Waals surface area contributed by atoms with Gasteiger partial charge < -0.3 is 9.73 Å². The van der Waals surface area contributed by atoms with E-state index in [1.54, 1.807) is 80.6 Å². The monoisotopic (exact) mass is 610 g/mol. The van der Waals surface area contributed by atoms with E-state index in [9.17, 15) is 19.7 Å². The second-order valence-electron chi connectivity index (χ2n) is 9.86. The number of nitrogens with zero attached hydrogens (tertiary/aromatic N) is 3. The number of nitrogens with one attached hydrogen (secondary N) is 1. The standard InChI is InChI=1S/C32H23ClN4O5S/c1-18-24(9-6-10-25(18)37(40)41)26-16-15-23(42-26)17-27-31(39)36-29(20-11-13-21(33)14-12-20)28(19(2)34-32(36)43-27)30(38)35-22-7-4-3-5-8-22/h3-17,29H,1-2H3,(H,35,38)/b27-17-. The number of fused-ring (bicyclic) bond motifs is 1. The molecule has 6 rings (SSSR count). The maximum absolute atomic E-state index is 13.9. The lowest BCUT2D eigenvalue weighted by atomic mass is 9.95. The lowest BCUT2D eigenvalue weighted by molar-refractivity contribution is -0.385. The lowest BCUT2D eigenvalue weighted by Gasteiger charge is -2.25. The van der Waals surface area contributed by atoms with Crippen molar-refractivity contribution in [3.05, 3.63) is 148 Å². The number of furan rings is 1. The molecule has 0 fully saturated rings. The second-order valence-corrected chi connectivity index (χ2v) is 11.3. The zero-order chi connectivity index (χ0) is 30.2. The predicted octanol–water partition coefficient (Wildman–Crippen LogP) is 6.00. The minimum Gasteiger partial charge on any atom is -0.457 e. The minimum absolute atomic E-state index is 0.00608. The number of anilines is 1. The number of nitro groups is 1. The van der Waals surface area contributed by atoms with Gasteiger partial charge in [0, 0.05) is 34.0 Å². The van der Waals surface area contributed by atoms with Crippen LogP contribution in [0.15, 0.2) is 110 Å². The van der Waals surface area contributed by atoms with Crippen LogP contribution in [0.4, 0.5) is 11.4 Å². The minimum atomic E-state index is -0.751. The highest BCUT2D eigenvalue weighted by molar-refractivity contribution is 7.07. The van der Waals surface area contributed by atoms with Crippen LogP contribution in [0, 0.1) is 17.0 Å². The Morgan fingerprint density at radius 2 is 1.79 bits per heavy atom. The smallest absolute Gasteiger partial charge is 0.273 e. The van der Waals surface area contributed by atoms with Crippen LogP contribution in [0.1, 0.15) is 29.9 Å². The summed E-state index contributed by atoms with van der Waals surface area (Å²) in [5, 5.41) is 14.9. The number of nitro benzene ring substituents is 1. The molecule has 3 aromatic carbocycles. The van der Waals surface area contributed by atoms with Gasteiger partial charge in [0.05, 0.1) is 26.8 Å². The summed E-state index contributed by atoms with van der Waals surface area (Å²) in [7, 11) is 0. The van der Waals surface area contributed by atoms with Crippen molar-refractivity contribution >= 4 is 46.3 Å². The zero-order valence-electron chi connectivity index (χ0n) is 22.9. The van der Waals surface area contributed by atoms with Crippen LogP contribution in [-0.4, -0.2) is 15.4 Å². The first-order valence-corrected chi connectivity index (χ1v) is 14.4. The van der Waals surface area contributed by atoms with Gasteiger partial charge in [-0.3, -0.25) is 24.3 Å². The van der Waals surface area contributed by atoms with Crippen LogP contribution >= 0.6 is 22.9 Å². The van der Waals surface area contributed by atoms with Gasteiger partial charge in [0.25, 0.3) is 17.2 Å². The fourth-order valence-corrected chi connectivity index (χ4v) is 6.24. The third kappa shape index (κ3) is 5.33. The van der Waals surface area contributed by atoms with Crippen molar-refractivity contribution in [3.63, 3.8) is 0 Å². The molecule has 0 saturated carbocycles. The number of aromatic nitrogens is 1. The van der Waals surface area contributed by atoms with Crippen LogP contribution in [-0.2, 0) is 4.79 Å². The molecule has 1 N–H and O–H groups in total. The van der Waals surface area contributed by atoms with Gasteiger partial charge in [0.2, 0.25) is 0 Å². The molecular weight excluding hydrogens is 588 g/mol. The average Bonchev–Trinajstić information content (AvgIpc) is 3.57. The number of amides is 1. The Balaban J connectivity index is 1.44. The summed E-state index contributed by atoms with van der Waals surface area (Å²) in [6, 6.07) is 23.5. The fourth-order valence-electron chi connectivity index (χ4n) is 5.08. The summed E-state index contributed by atoms with van der Waals surface area (Å²) in [5.41, 5.74) is 2.86. The number of halogens is 1. The zero-order valence-corrected chi connectivity index (χ0v) is 24.5. The number of benzene rings is 3. The molecule has 43 heavy (non-hydrogen) atoms. The highest BCUT2D eigenvalue weighted by Gasteiger charge is 2.32. The van der Waals surface area contributed by atoms with Gasteiger partial charge >= 0.3 is 0 Å². The molecule has 2 aromatic heterocycles. The Morgan fingerprint density at radius 3 is 2.51 bits per heavy atom. The Morgan fingerprint density at radius 1 is 1.05 bits per heavy atom. The first-order chi connectivity index (χ1) is 20.7. The Labute approximate surface area is 253 Å². The van der Waals surface area contributed by atoms with Crippen LogP contribution in [0.5, 0.6) is 0 Å². The van der Waals surface area contributed by atoms with E-state index in [2.05, 4.69) is 10.3 Å². The first-order valence-electron chi connectivity index (χ1n) is 13.2.